The Kier molecular flexibility index (Phi) is 4.88. The predicted molar refractivity (Wildman–Crippen MR) is 99.0 cm³/mol. The molecule has 3 N–H and O–H groups in total. The van der Waals surface area contributed by atoms with Crippen molar-refractivity contribution in [3.8, 4) is 11.1 Å². The second-order valence-corrected chi connectivity index (χ2v) is 7.24. The van der Waals surface area contributed by atoms with Crippen molar-refractivity contribution in [3.63, 3.8) is 0 Å². The molecular weight excluding hydrogens is 357 g/mol. The van der Waals surface area contributed by atoms with Gasteiger partial charge in [0.05, 0.1) is 11.5 Å². The number of thiophene rings is 1. The molecule has 136 valence electrons. The first-order chi connectivity index (χ1) is 12.3. The quantitative estimate of drug-likeness (QED) is 0.633. The van der Waals surface area contributed by atoms with Crippen molar-refractivity contribution in [1.82, 2.24) is 9.97 Å². The zero-order valence-electron chi connectivity index (χ0n) is 14.4. The normalized spacial score (nSPS) is 13.6. The second kappa shape index (κ2) is 6.97. The smallest absolute Gasteiger partial charge is 0.328 e. The minimum absolute atomic E-state index is 0.337. The molecule has 3 rings (SSSR count). The van der Waals surface area contributed by atoms with Crippen molar-refractivity contribution in [1.29, 1.82) is 0 Å². The molecule has 0 amide bonds. The Labute approximate surface area is 153 Å². The summed E-state index contributed by atoms with van der Waals surface area (Å²) in [6.45, 7) is 5.04. The van der Waals surface area contributed by atoms with Crippen LogP contribution >= 0.6 is 11.3 Å². The van der Waals surface area contributed by atoms with E-state index in [2.05, 4.69) is 15.3 Å². The molecule has 2 heterocycles. The van der Waals surface area contributed by atoms with Crippen LogP contribution in [0.2, 0.25) is 0 Å². The molecule has 0 fully saturated rings. The van der Waals surface area contributed by atoms with E-state index in [-0.39, 0.29) is 5.82 Å². The van der Waals surface area contributed by atoms with Crippen molar-refractivity contribution >= 4 is 33.3 Å². The number of anilines is 1. The highest BCUT2D eigenvalue weighted by molar-refractivity contribution is 7.19. The van der Waals surface area contributed by atoms with Crippen molar-refractivity contribution < 1.29 is 19.4 Å². The van der Waals surface area contributed by atoms with Crippen LogP contribution in [-0.2, 0) is 4.79 Å². The number of aryl methyl sites for hydroxylation is 2. The highest BCUT2D eigenvalue weighted by Crippen LogP contribution is 2.40. The maximum absolute atomic E-state index is 13.3. The molecule has 0 bridgehead atoms. The Bertz CT molecular complexity index is 970. The van der Waals surface area contributed by atoms with Crippen LogP contribution in [-0.4, -0.2) is 38.3 Å². The number of carboxylic acid groups (broad SMARTS) is 1. The van der Waals surface area contributed by atoms with Crippen LogP contribution < -0.4 is 5.32 Å². The van der Waals surface area contributed by atoms with Crippen LogP contribution in [0.4, 0.5) is 10.2 Å². The summed E-state index contributed by atoms with van der Waals surface area (Å²) in [6.07, 6.45) is -1.12. The van der Waals surface area contributed by atoms with E-state index in [1.807, 2.05) is 6.92 Å². The van der Waals surface area contributed by atoms with Gasteiger partial charge in [-0.3, -0.25) is 0 Å². The molecule has 2 atom stereocenters. The van der Waals surface area contributed by atoms with Crippen LogP contribution in [0, 0.1) is 19.7 Å². The lowest BCUT2D eigenvalue weighted by Gasteiger charge is -2.19. The molecule has 0 aliphatic heterocycles. The van der Waals surface area contributed by atoms with Gasteiger partial charge in [-0.25, -0.2) is 19.2 Å². The molecule has 0 aliphatic rings. The second-order valence-electron chi connectivity index (χ2n) is 6.04. The summed E-state index contributed by atoms with van der Waals surface area (Å²) in [7, 11) is 0. The molecule has 2 aromatic heterocycles. The minimum Gasteiger partial charge on any atom is -0.480 e. The first-order valence-corrected chi connectivity index (χ1v) is 8.80. The van der Waals surface area contributed by atoms with Gasteiger partial charge in [-0.1, -0.05) is 12.1 Å². The largest absolute Gasteiger partial charge is 0.480 e. The molecule has 0 radical (unpaired) electrons. The number of benzene rings is 1. The number of aromatic nitrogens is 2. The first-order valence-electron chi connectivity index (χ1n) is 7.99. The predicted octanol–water partition coefficient (Wildman–Crippen LogP) is 3.36. The highest BCUT2D eigenvalue weighted by Gasteiger charge is 2.26. The molecule has 0 spiro atoms. The van der Waals surface area contributed by atoms with E-state index in [1.165, 1.54) is 30.4 Å². The Morgan fingerprint density at radius 3 is 2.46 bits per heavy atom. The fourth-order valence-electron chi connectivity index (χ4n) is 2.82. The lowest BCUT2D eigenvalue weighted by molar-refractivity contribution is -0.140. The first kappa shape index (κ1) is 18.2. The SMILES string of the molecule is Cc1nc(NC(C(=O)O)C(C)O)c2c(-c3ccc(F)cc3)c(C)sc2n1. The molecule has 26 heavy (non-hydrogen) atoms. The Balaban J connectivity index is 2.22. The maximum Gasteiger partial charge on any atom is 0.328 e. The summed E-state index contributed by atoms with van der Waals surface area (Å²) in [5, 5.41) is 22.6. The molecule has 6 nitrogen and oxygen atoms in total. The molecule has 0 aliphatic carbocycles. The molecule has 0 saturated carbocycles. The van der Waals surface area contributed by atoms with Gasteiger partial charge in [0, 0.05) is 10.4 Å². The Hall–Kier alpha value is -2.58. The number of aliphatic hydroxyl groups excluding tert-OH is 1. The molecule has 2 unspecified atom stereocenters. The van der Waals surface area contributed by atoms with E-state index in [0.717, 1.165) is 16.0 Å². The number of hydrogen-bond acceptors (Lipinski definition) is 6. The van der Waals surface area contributed by atoms with Crippen LogP contribution in [0.15, 0.2) is 24.3 Å². The van der Waals surface area contributed by atoms with E-state index >= 15 is 0 Å². The zero-order chi connectivity index (χ0) is 19.0. The van der Waals surface area contributed by atoms with Gasteiger partial charge in [0.25, 0.3) is 0 Å². The molecule has 3 aromatic rings. The number of hydrogen-bond donors (Lipinski definition) is 3. The van der Waals surface area contributed by atoms with Crippen molar-refractivity contribution in [3.05, 3.63) is 40.8 Å². The summed E-state index contributed by atoms with van der Waals surface area (Å²) in [6, 6.07) is 4.86. The van der Waals surface area contributed by atoms with Gasteiger partial charge < -0.3 is 15.5 Å². The topological polar surface area (TPSA) is 95.3 Å². The van der Waals surface area contributed by atoms with Crippen LogP contribution in [0.25, 0.3) is 21.3 Å². The Morgan fingerprint density at radius 2 is 1.88 bits per heavy atom. The van der Waals surface area contributed by atoms with Gasteiger partial charge in [-0.05, 0) is 38.5 Å². The minimum atomic E-state index is -1.21. The van der Waals surface area contributed by atoms with Crippen molar-refractivity contribution in [2.75, 3.05) is 5.32 Å². The molecular formula is C18H18FN3O3S. The number of halogens is 1. The summed E-state index contributed by atoms with van der Waals surface area (Å²) in [4.78, 5) is 21.9. The van der Waals surface area contributed by atoms with Gasteiger partial charge in [0.1, 0.15) is 22.3 Å². The number of nitrogens with zero attached hydrogens (tertiary/aromatic N) is 2. The van der Waals surface area contributed by atoms with Gasteiger partial charge in [-0.15, -0.1) is 11.3 Å². The van der Waals surface area contributed by atoms with E-state index in [1.54, 1.807) is 19.1 Å². The van der Waals surface area contributed by atoms with E-state index in [9.17, 15) is 19.4 Å². The van der Waals surface area contributed by atoms with E-state index in [0.29, 0.717) is 21.9 Å². The summed E-state index contributed by atoms with van der Waals surface area (Å²) in [5.74, 6) is -0.692. The molecule has 0 saturated heterocycles. The van der Waals surface area contributed by atoms with Crippen molar-refractivity contribution in [2.45, 2.75) is 32.9 Å². The van der Waals surface area contributed by atoms with E-state index < -0.39 is 18.1 Å². The van der Waals surface area contributed by atoms with Crippen LogP contribution in [0.3, 0.4) is 0 Å². The number of carbonyl (C=O) groups is 1. The number of carboxylic acids is 1. The fourth-order valence-corrected chi connectivity index (χ4v) is 3.91. The highest BCUT2D eigenvalue weighted by atomic mass is 32.1. The summed E-state index contributed by atoms with van der Waals surface area (Å²) < 4.78 is 13.3. The standard InChI is InChI=1S/C18H18FN3O3S/c1-8(23)15(18(24)25)22-16-14-13(11-4-6-12(19)7-5-11)9(2)26-17(14)21-10(3)20-16/h4-8,15,23H,1-3H3,(H,24,25)(H,20,21,22). The number of aliphatic carboxylic acids is 1. The number of rotatable bonds is 5. The summed E-state index contributed by atoms with van der Waals surface area (Å²) in [5.41, 5.74) is 1.61. The van der Waals surface area contributed by atoms with Crippen LogP contribution in [0.1, 0.15) is 17.6 Å². The van der Waals surface area contributed by atoms with Crippen molar-refractivity contribution in [2.24, 2.45) is 0 Å². The molecule has 1 aromatic carbocycles. The van der Waals surface area contributed by atoms with Gasteiger partial charge in [0.15, 0.2) is 6.04 Å². The monoisotopic (exact) mass is 375 g/mol. The average molecular weight is 375 g/mol. The average Bonchev–Trinajstić information content (AvgIpc) is 2.88. The van der Waals surface area contributed by atoms with Gasteiger partial charge >= 0.3 is 5.97 Å². The third-order valence-corrected chi connectivity index (χ3v) is 5.01. The van der Waals surface area contributed by atoms with Crippen LogP contribution in [0.5, 0.6) is 0 Å². The third-order valence-electron chi connectivity index (χ3n) is 4.01. The maximum atomic E-state index is 13.3. The zero-order valence-corrected chi connectivity index (χ0v) is 15.3. The number of aliphatic hydroxyl groups is 1. The molecule has 8 heteroatoms. The lowest BCUT2D eigenvalue weighted by atomic mass is 10.0. The number of nitrogens with one attached hydrogen (secondary N) is 1. The number of fused-ring (bicyclic) bond motifs is 1. The Morgan fingerprint density at radius 1 is 1.23 bits per heavy atom. The third kappa shape index (κ3) is 3.38. The summed E-state index contributed by atoms with van der Waals surface area (Å²) >= 11 is 1.46. The lowest BCUT2D eigenvalue weighted by Crippen LogP contribution is -2.39. The van der Waals surface area contributed by atoms with Gasteiger partial charge in [0.2, 0.25) is 0 Å². The van der Waals surface area contributed by atoms with Gasteiger partial charge in [-0.2, -0.15) is 0 Å². The fraction of sp³-hybridized carbons (Fsp3) is 0.278. The van der Waals surface area contributed by atoms with E-state index in [4.69, 9.17) is 0 Å².